The molecule has 0 heterocycles. The molecule has 0 saturated heterocycles. The molecule has 0 saturated carbocycles. The minimum Gasteiger partial charge on any atom is -0.493 e. The smallest absolute Gasteiger partial charge is 0.493 e. The molecule has 0 atom stereocenters. The first-order valence-corrected chi connectivity index (χ1v) is 17.1. The van der Waals surface area contributed by atoms with Gasteiger partial charge in [0.05, 0.1) is 19.8 Å². The Bertz CT molecular complexity index is 1280. The van der Waals surface area contributed by atoms with Gasteiger partial charge in [0.2, 0.25) is 0 Å². The Labute approximate surface area is 248 Å². The van der Waals surface area contributed by atoms with Crippen molar-refractivity contribution in [3.05, 3.63) is 72.8 Å². The fourth-order valence-electron chi connectivity index (χ4n) is 4.00. The average molecular weight is 629 g/mol. The largest absolute Gasteiger partial charge is 0.524 e. The molecular formula is C31H39F3O6S2. The third kappa shape index (κ3) is 8.14. The Hall–Kier alpha value is -2.89. The summed E-state index contributed by atoms with van der Waals surface area (Å²) < 4.78 is 92.0. The quantitative estimate of drug-likeness (QED) is 0.110. The maximum Gasteiger partial charge on any atom is 0.524 e. The van der Waals surface area contributed by atoms with Crippen LogP contribution in [-0.2, 0) is 13.7 Å². The molecule has 0 aromatic heterocycles. The maximum atomic E-state index is 14.1. The van der Waals surface area contributed by atoms with Gasteiger partial charge in [-0.15, -0.1) is 0 Å². The zero-order valence-electron chi connectivity index (χ0n) is 24.2. The Morgan fingerprint density at radius 1 is 0.643 bits per heavy atom. The van der Waals surface area contributed by atoms with Gasteiger partial charge in [0.1, 0.15) is 22.1 Å². The molecule has 3 rings (SSSR count). The summed E-state index contributed by atoms with van der Waals surface area (Å²) in [5, 5.41) is 0. The van der Waals surface area contributed by atoms with Gasteiger partial charge < -0.3 is 14.2 Å². The van der Waals surface area contributed by atoms with Crippen LogP contribution < -0.4 is 14.2 Å². The minimum atomic E-state index is -6.12. The first-order chi connectivity index (χ1) is 20.1. The summed E-state index contributed by atoms with van der Waals surface area (Å²) in [5.41, 5.74) is -5.68. The van der Waals surface area contributed by atoms with Gasteiger partial charge in [0.15, 0.2) is 0 Å². The van der Waals surface area contributed by atoms with Gasteiger partial charge >= 0.3 is 15.6 Å². The van der Waals surface area contributed by atoms with Crippen molar-refractivity contribution < 1.29 is 39.4 Å². The van der Waals surface area contributed by atoms with Crippen molar-refractivity contribution in [3.63, 3.8) is 0 Å². The highest BCUT2D eigenvalue weighted by atomic mass is 32.3. The number of hydrogen-bond donors (Lipinski definition) is 0. The van der Waals surface area contributed by atoms with Gasteiger partial charge in [-0.1, -0.05) is 76.4 Å². The molecule has 0 aliphatic heterocycles. The van der Waals surface area contributed by atoms with E-state index >= 15 is 0 Å². The van der Waals surface area contributed by atoms with Gasteiger partial charge in [-0.25, -0.2) is 0 Å². The Balaban J connectivity index is 2.48. The molecule has 42 heavy (non-hydrogen) atoms. The SMILES string of the molecule is CCCCOc1cc(OCCCC)c(S(OS(=O)(=O)C(F)(F)F)(c2ccccc2)c2ccccc2)c(OCCCC)c1. The van der Waals surface area contributed by atoms with Gasteiger partial charge in [-0.2, -0.15) is 25.2 Å². The van der Waals surface area contributed by atoms with E-state index in [-0.39, 0.29) is 39.4 Å². The normalized spacial score (nSPS) is 12.6. The lowest BCUT2D eigenvalue weighted by Crippen LogP contribution is -2.28. The Morgan fingerprint density at radius 2 is 1.05 bits per heavy atom. The van der Waals surface area contributed by atoms with Crippen LogP contribution in [0.15, 0.2) is 87.5 Å². The highest BCUT2D eigenvalue weighted by Gasteiger charge is 2.53. The Morgan fingerprint density at radius 3 is 1.43 bits per heavy atom. The van der Waals surface area contributed by atoms with E-state index in [0.717, 1.165) is 25.7 Å². The summed E-state index contributed by atoms with van der Waals surface area (Å²) in [7, 11) is -9.78. The summed E-state index contributed by atoms with van der Waals surface area (Å²) in [6.07, 6.45) is 4.61. The molecule has 0 amide bonds. The van der Waals surface area contributed by atoms with Crippen LogP contribution in [0.5, 0.6) is 17.2 Å². The maximum absolute atomic E-state index is 14.1. The monoisotopic (exact) mass is 628 g/mol. The fourth-order valence-corrected chi connectivity index (χ4v) is 8.91. The van der Waals surface area contributed by atoms with E-state index in [1.165, 1.54) is 0 Å². The molecule has 3 aromatic rings. The van der Waals surface area contributed by atoms with Crippen LogP contribution in [0.1, 0.15) is 59.3 Å². The van der Waals surface area contributed by atoms with E-state index in [1.54, 1.807) is 72.8 Å². The number of benzene rings is 3. The summed E-state index contributed by atoms with van der Waals surface area (Å²) in [4.78, 5) is 0.538. The zero-order valence-corrected chi connectivity index (χ0v) is 25.8. The van der Waals surface area contributed by atoms with Crippen LogP contribution in [0.25, 0.3) is 0 Å². The second-order valence-corrected chi connectivity index (χ2v) is 13.9. The number of rotatable bonds is 17. The van der Waals surface area contributed by atoms with Crippen molar-refractivity contribution >= 4 is 20.4 Å². The number of ether oxygens (including phenoxy) is 3. The molecule has 232 valence electrons. The van der Waals surface area contributed by atoms with E-state index in [2.05, 4.69) is 0 Å². The first kappa shape index (κ1) is 33.6. The molecule has 0 fully saturated rings. The molecule has 0 N–H and O–H groups in total. The van der Waals surface area contributed by atoms with Crippen molar-refractivity contribution in [1.82, 2.24) is 0 Å². The predicted molar refractivity (Wildman–Crippen MR) is 159 cm³/mol. The summed E-state index contributed by atoms with van der Waals surface area (Å²) in [6.45, 7) is 6.88. The highest BCUT2D eigenvalue weighted by Crippen LogP contribution is 2.75. The van der Waals surface area contributed by atoms with Crippen LogP contribution in [0.2, 0.25) is 0 Å². The molecule has 0 radical (unpaired) electrons. The topological polar surface area (TPSA) is 71.1 Å². The summed E-state index contributed by atoms with van der Waals surface area (Å²) in [5.74, 6) is 0.686. The van der Waals surface area contributed by atoms with E-state index in [0.29, 0.717) is 25.2 Å². The molecule has 0 spiro atoms. The lowest BCUT2D eigenvalue weighted by Gasteiger charge is -2.41. The first-order valence-electron chi connectivity index (χ1n) is 14.1. The molecule has 6 nitrogen and oxygen atoms in total. The molecular weight excluding hydrogens is 589 g/mol. The van der Waals surface area contributed by atoms with Crippen molar-refractivity contribution in [2.75, 3.05) is 19.8 Å². The zero-order chi connectivity index (χ0) is 30.6. The fraction of sp³-hybridized carbons (Fsp3) is 0.419. The van der Waals surface area contributed by atoms with Crippen LogP contribution in [0.3, 0.4) is 0 Å². The predicted octanol–water partition coefficient (Wildman–Crippen LogP) is 9.29. The Kier molecular flexibility index (Phi) is 12.4. The molecule has 11 heteroatoms. The number of alkyl halides is 3. The third-order valence-corrected chi connectivity index (χ3v) is 11.1. The standard InChI is InChI=1S/C31H39F3O6S2/c1-4-7-20-37-25-23-28(38-21-8-5-2)30(29(24-25)39-22-9-6-3)41(26-16-12-10-13-17-26,27-18-14-11-15-19-27)40-42(35,36)31(32,33)34/h10-19,23-24H,4-9,20-22H2,1-3H3. The van der Waals surface area contributed by atoms with Crippen LogP contribution in [-0.4, -0.2) is 33.7 Å². The van der Waals surface area contributed by atoms with Crippen LogP contribution in [0, 0.1) is 0 Å². The summed E-state index contributed by atoms with van der Waals surface area (Å²) in [6, 6.07) is 19.3. The summed E-state index contributed by atoms with van der Waals surface area (Å²) >= 11 is 0. The minimum absolute atomic E-state index is 0.0859. The van der Waals surface area contributed by atoms with Gasteiger partial charge in [0, 0.05) is 21.9 Å². The second-order valence-electron chi connectivity index (χ2n) is 9.50. The van der Waals surface area contributed by atoms with Crippen LogP contribution in [0.4, 0.5) is 13.2 Å². The van der Waals surface area contributed by atoms with E-state index in [4.69, 9.17) is 17.8 Å². The molecule has 0 aliphatic rings. The second kappa shape index (κ2) is 15.5. The van der Waals surface area contributed by atoms with Gasteiger partial charge in [-0.3, -0.25) is 0 Å². The number of halogens is 3. The number of hydrogen-bond acceptors (Lipinski definition) is 6. The molecule has 0 unspecified atom stereocenters. The lowest BCUT2D eigenvalue weighted by molar-refractivity contribution is -0.0496. The molecule has 0 aliphatic carbocycles. The lowest BCUT2D eigenvalue weighted by atomic mass is 10.2. The van der Waals surface area contributed by atoms with Crippen LogP contribution >= 0.6 is 10.3 Å². The van der Waals surface area contributed by atoms with Crippen molar-refractivity contribution in [2.45, 2.75) is 79.5 Å². The number of unbranched alkanes of at least 4 members (excludes halogenated alkanes) is 3. The highest BCUT2D eigenvalue weighted by molar-refractivity contribution is 8.33. The van der Waals surface area contributed by atoms with Crippen molar-refractivity contribution in [3.8, 4) is 17.2 Å². The van der Waals surface area contributed by atoms with Gasteiger partial charge in [0.25, 0.3) is 0 Å². The van der Waals surface area contributed by atoms with E-state index in [1.807, 2.05) is 20.8 Å². The van der Waals surface area contributed by atoms with Gasteiger partial charge in [-0.05, 0) is 53.8 Å². The average Bonchev–Trinajstić information content (AvgIpc) is 2.97. The van der Waals surface area contributed by atoms with Crippen molar-refractivity contribution in [1.29, 1.82) is 0 Å². The van der Waals surface area contributed by atoms with E-state index in [9.17, 15) is 21.6 Å². The molecule has 0 bridgehead atoms. The van der Waals surface area contributed by atoms with Crippen molar-refractivity contribution in [2.24, 2.45) is 0 Å². The molecule has 3 aromatic carbocycles. The van der Waals surface area contributed by atoms with E-state index < -0.39 is 25.9 Å². The third-order valence-electron chi connectivity index (χ3n) is 6.18.